The Labute approximate surface area is 65.6 Å². The molecule has 0 aliphatic heterocycles. The first-order chi connectivity index (χ1) is 4.86. The van der Waals surface area contributed by atoms with E-state index in [1.165, 1.54) is 22.7 Å². The van der Waals surface area contributed by atoms with Gasteiger partial charge in [0.2, 0.25) is 0 Å². The number of rotatable bonds is 0. The Morgan fingerprint density at radius 1 is 1.30 bits per heavy atom. The number of hydrogen-bond acceptors (Lipinski definition) is 3. The highest BCUT2D eigenvalue weighted by molar-refractivity contribution is 7.35. The van der Waals surface area contributed by atoms with Crippen LogP contribution in [0, 0.1) is 6.07 Å². The normalized spacial score (nSPS) is 10.4. The second-order valence-corrected chi connectivity index (χ2v) is 4.11. The van der Waals surface area contributed by atoms with Crippen molar-refractivity contribution < 1.29 is 0 Å². The van der Waals surface area contributed by atoms with E-state index in [1.807, 2.05) is 18.2 Å². The van der Waals surface area contributed by atoms with E-state index in [9.17, 15) is 4.79 Å². The van der Waals surface area contributed by atoms with Crippen LogP contribution in [0.15, 0.2) is 23.0 Å². The first-order valence-corrected chi connectivity index (χ1v) is 4.39. The van der Waals surface area contributed by atoms with Gasteiger partial charge >= 0.3 is 0 Å². The molecule has 3 heteroatoms. The second kappa shape index (κ2) is 2.18. The van der Waals surface area contributed by atoms with E-state index in [2.05, 4.69) is 6.07 Å². The van der Waals surface area contributed by atoms with Crippen LogP contribution in [0.1, 0.15) is 0 Å². The van der Waals surface area contributed by atoms with E-state index in [0.29, 0.717) is 0 Å². The number of benzene rings is 1. The van der Waals surface area contributed by atoms with Gasteiger partial charge in [0.1, 0.15) is 0 Å². The van der Waals surface area contributed by atoms with E-state index in [0.717, 1.165) is 9.40 Å². The van der Waals surface area contributed by atoms with Crippen LogP contribution in [-0.4, -0.2) is 0 Å². The molecule has 0 aliphatic carbocycles. The van der Waals surface area contributed by atoms with Crippen LogP contribution in [-0.2, 0) is 0 Å². The van der Waals surface area contributed by atoms with Gasteiger partial charge in [-0.3, -0.25) is 4.79 Å². The van der Waals surface area contributed by atoms with E-state index in [4.69, 9.17) is 0 Å². The van der Waals surface area contributed by atoms with Gasteiger partial charge in [0.15, 0.2) is 0 Å². The molecule has 2 aromatic rings. The highest BCUT2D eigenvalue weighted by Gasteiger charge is 1.95. The smallest absolute Gasteiger partial charge is 0.265 e. The molecule has 0 fully saturated rings. The summed E-state index contributed by atoms with van der Waals surface area (Å²) in [5.41, 5.74) is 0. The minimum atomic E-state index is 0.162. The van der Waals surface area contributed by atoms with Crippen molar-refractivity contribution in [2.24, 2.45) is 0 Å². The predicted molar refractivity (Wildman–Crippen MR) is 44.8 cm³/mol. The molecule has 0 aliphatic rings. The molecule has 0 N–H and O–H groups in total. The van der Waals surface area contributed by atoms with Gasteiger partial charge in [-0.05, 0) is 18.2 Å². The van der Waals surface area contributed by atoms with Crippen LogP contribution in [0.5, 0.6) is 0 Å². The molecule has 0 amide bonds. The zero-order chi connectivity index (χ0) is 6.97. The zero-order valence-corrected chi connectivity index (χ0v) is 6.59. The summed E-state index contributed by atoms with van der Waals surface area (Å²) in [7, 11) is 0. The van der Waals surface area contributed by atoms with Crippen molar-refractivity contribution in [3.8, 4) is 0 Å². The quantitative estimate of drug-likeness (QED) is 0.587. The van der Waals surface area contributed by atoms with E-state index in [-0.39, 0.29) is 4.06 Å². The fraction of sp³-hybridized carbons (Fsp3) is 0. The highest BCUT2D eigenvalue weighted by atomic mass is 32.2. The van der Waals surface area contributed by atoms with Gasteiger partial charge in [-0.2, -0.15) is 0 Å². The van der Waals surface area contributed by atoms with Crippen molar-refractivity contribution >= 4 is 32.1 Å². The molecule has 0 saturated carbocycles. The van der Waals surface area contributed by atoms with Crippen LogP contribution in [0.2, 0.25) is 0 Å². The summed E-state index contributed by atoms with van der Waals surface area (Å²) in [5, 5.41) is 0. The maximum absolute atomic E-state index is 10.8. The van der Waals surface area contributed by atoms with E-state index < -0.39 is 0 Å². The molecule has 2 rings (SSSR count). The molecule has 0 bridgehead atoms. The molecule has 1 aromatic carbocycles. The molecule has 0 spiro atoms. The number of hydrogen-bond donors (Lipinski definition) is 0. The summed E-state index contributed by atoms with van der Waals surface area (Å²) in [5.74, 6) is 0. The summed E-state index contributed by atoms with van der Waals surface area (Å²) < 4.78 is 2.26. The average Bonchev–Trinajstić information content (AvgIpc) is 2.27. The Kier molecular flexibility index (Phi) is 1.32. The van der Waals surface area contributed by atoms with Gasteiger partial charge in [0, 0.05) is 9.40 Å². The molecule has 1 radical (unpaired) electrons. The first kappa shape index (κ1) is 6.07. The summed E-state index contributed by atoms with van der Waals surface area (Å²) in [6.45, 7) is 0. The first-order valence-electron chi connectivity index (χ1n) is 2.76. The van der Waals surface area contributed by atoms with Gasteiger partial charge in [-0.1, -0.05) is 28.7 Å². The Morgan fingerprint density at radius 2 is 2.10 bits per heavy atom. The number of fused-ring (bicyclic) bond motifs is 1. The van der Waals surface area contributed by atoms with Gasteiger partial charge in [0.05, 0.1) is 0 Å². The lowest BCUT2D eigenvalue weighted by Gasteiger charge is -1.79. The molecule has 10 heavy (non-hydrogen) atoms. The van der Waals surface area contributed by atoms with Crippen molar-refractivity contribution in [3.63, 3.8) is 0 Å². The van der Waals surface area contributed by atoms with Gasteiger partial charge in [-0.15, -0.1) is 0 Å². The third-order valence-corrected chi connectivity index (χ3v) is 3.27. The summed E-state index contributed by atoms with van der Waals surface area (Å²) >= 11 is 2.58. The maximum Gasteiger partial charge on any atom is 0.288 e. The van der Waals surface area contributed by atoms with Crippen molar-refractivity contribution in [2.45, 2.75) is 0 Å². The lowest BCUT2D eigenvalue weighted by Crippen LogP contribution is -1.72. The lowest BCUT2D eigenvalue weighted by atomic mass is 10.4. The fourth-order valence-electron chi connectivity index (χ4n) is 0.765. The topological polar surface area (TPSA) is 17.1 Å². The van der Waals surface area contributed by atoms with Crippen molar-refractivity contribution in [2.75, 3.05) is 0 Å². The predicted octanol–water partition coefficient (Wildman–Crippen LogP) is 2.12. The lowest BCUT2D eigenvalue weighted by molar-refractivity contribution is 1.85. The summed E-state index contributed by atoms with van der Waals surface area (Å²) in [6.07, 6.45) is 0. The maximum atomic E-state index is 10.8. The molecule has 0 saturated heterocycles. The molecule has 1 nitrogen and oxygen atoms in total. The van der Waals surface area contributed by atoms with Crippen molar-refractivity contribution in [3.05, 3.63) is 33.1 Å². The second-order valence-electron chi connectivity index (χ2n) is 1.83. The van der Waals surface area contributed by atoms with Crippen LogP contribution in [0.3, 0.4) is 0 Å². The third-order valence-electron chi connectivity index (χ3n) is 1.17. The largest absolute Gasteiger partial charge is 0.288 e. The van der Waals surface area contributed by atoms with Crippen LogP contribution in [0.25, 0.3) is 9.40 Å². The average molecular weight is 167 g/mol. The van der Waals surface area contributed by atoms with Gasteiger partial charge in [0.25, 0.3) is 4.06 Å². The standard InChI is InChI=1S/C7H3OS2/c8-7-9-5-3-1-2-4-6(5)10-7/h1,3-4H. The van der Waals surface area contributed by atoms with E-state index in [1.54, 1.807) is 0 Å². The highest BCUT2D eigenvalue weighted by Crippen LogP contribution is 2.19. The Morgan fingerprint density at radius 3 is 2.90 bits per heavy atom. The van der Waals surface area contributed by atoms with Crippen LogP contribution < -0.4 is 4.06 Å². The summed E-state index contributed by atoms with van der Waals surface area (Å²) in [6, 6.07) is 8.51. The van der Waals surface area contributed by atoms with Crippen LogP contribution >= 0.6 is 22.7 Å². The monoisotopic (exact) mass is 167 g/mol. The fourth-order valence-corrected chi connectivity index (χ4v) is 2.67. The van der Waals surface area contributed by atoms with Gasteiger partial charge in [-0.25, -0.2) is 0 Å². The van der Waals surface area contributed by atoms with Crippen molar-refractivity contribution in [1.29, 1.82) is 0 Å². The minimum absolute atomic E-state index is 0.162. The summed E-state index contributed by atoms with van der Waals surface area (Å²) in [4.78, 5) is 10.8. The molecular formula is C7H3OS2. The molecule has 1 heterocycles. The molecule has 0 unspecified atom stereocenters. The van der Waals surface area contributed by atoms with Crippen LogP contribution in [0.4, 0.5) is 0 Å². The van der Waals surface area contributed by atoms with Gasteiger partial charge < -0.3 is 0 Å². The van der Waals surface area contributed by atoms with E-state index >= 15 is 0 Å². The minimum Gasteiger partial charge on any atom is -0.265 e. The molecule has 49 valence electrons. The molecule has 1 aromatic heterocycles. The zero-order valence-electron chi connectivity index (χ0n) is 4.96. The third kappa shape index (κ3) is 0.874. The SMILES string of the molecule is O=c1sc2c[c]ccc2s1. The Hall–Kier alpha value is -0.670. The van der Waals surface area contributed by atoms with Crippen molar-refractivity contribution in [1.82, 2.24) is 0 Å². The molecule has 0 atom stereocenters. The molecular weight excluding hydrogens is 164 g/mol. The Balaban J connectivity index is 3.01. The Bertz CT molecular complexity index is 363.